The highest BCUT2D eigenvalue weighted by molar-refractivity contribution is 6.14. The predicted octanol–water partition coefficient (Wildman–Crippen LogP) is 3.47. The van der Waals surface area contributed by atoms with Crippen LogP contribution in [-0.2, 0) is 15.9 Å². The maximum Gasteiger partial charge on any atom is 0.201 e. The summed E-state index contributed by atoms with van der Waals surface area (Å²) in [6.45, 7) is 3.11. The third-order valence-corrected chi connectivity index (χ3v) is 6.09. The average molecular weight is 354 g/mol. The van der Waals surface area contributed by atoms with Gasteiger partial charge in [0.1, 0.15) is 0 Å². The number of rotatable bonds is 4. The largest absolute Gasteiger partial charge is 0.494 e. The summed E-state index contributed by atoms with van der Waals surface area (Å²) >= 11 is 0. The molecule has 1 saturated heterocycles. The SMILES string of the molecule is Oc1c(C2=NCCOC2)c2cc(CC3CCCC3)ccc2n1C1COC1. The lowest BCUT2D eigenvalue weighted by molar-refractivity contribution is -0.0238. The molecule has 0 spiro atoms. The Morgan fingerprint density at radius 1 is 1.15 bits per heavy atom. The summed E-state index contributed by atoms with van der Waals surface area (Å²) in [5, 5.41) is 12.2. The third kappa shape index (κ3) is 2.74. The molecule has 2 aromatic rings. The first-order chi connectivity index (χ1) is 12.8. The first-order valence-corrected chi connectivity index (χ1v) is 9.86. The number of aliphatic imine (C=N–C) groups is 1. The topological polar surface area (TPSA) is 56.0 Å². The highest BCUT2D eigenvalue weighted by Gasteiger charge is 2.30. The van der Waals surface area contributed by atoms with E-state index >= 15 is 0 Å². The van der Waals surface area contributed by atoms with Crippen molar-refractivity contribution in [1.29, 1.82) is 0 Å². The molecule has 2 aliphatic heterocycles. The van der Waals surface area contributed by atoms with Crippen molar-refractivity contribution >= 4 is 16.6 Å². The molecule has 3 aliphatic rings. The third-order valence-electron chi connectivity index (χ3n) is 6.09. The Labute approximate surface area is 153 Å². The normalized spacial score (nSPS) is 21.9. The van der Waals surface area contributed by atoms with Gasteiger partial charge in [-0.1, -0.05) is 31.7 Å². The van der Waals surface area contributed by atoms with E-state index in [0.717, 1.165) is 34.5 Å². The van der Waals surface area contributed by atoms with Crippen molar-refractivity contribution in [3.05, 3.63) is 29.3 Å². The van der Waals surface area contributed by atoms with Gasteiger partial charge in [-0.15, -0.1) is 0 Å². The van der Waals surface area contributed by atoms with Gasteiger partial charge in [-0.3, -0.25) is 4.99 Å². The smallest absolute Gasteiger partial charge is 0.201 e. The Hall–Kier alpha value is -1.85. The Balaban J connectivity index is 1.61. The highest BCUT2D eigenvalue weighted by Crippen LogP contribution is 2.38. The lowest BCUT2D eigenvalue weighted by Gasteiger charge is -2.28. The Morgan fingerprint density at radius 3 is 2.69 bits per heavy atom. The second-order valence-corrected chi connectivity index (χ2v) is 7.85. The van der Waals surface area contributed by atoms with Gasteiger partial charge in [-0.25, -0.2) is 0 Å². The van der Waals surface area contributed by atoms with Gasteiger partial charge in [-0.05, 0) is 30.0 Å². The van der Waals surface area contributed by atoms with Gasteiger partial charge in [0.2, 0.25) is 5.88 Å². The summed E-state index contributed by atoms with van der Waals surface area (Å²) < 4.78 is 13.0. The van der Waals surface area contributed by atoms with Crippen molar-refractivity contribution in [2.45, 2.75) is 38.1 Å². The van der Waals surface area contributed by atoms with Crippen LogP contribution in [0, 0.1) is 5.92 Å². The monoisotopic (exact) mass is 354 g/mol. The molecule has 0 atom stereocenters. The van der Waals surface area contributed by atoms with E-state index in [9.17, 15) is 5.11 Å². The van der Waals surface area contributed by atoms with Crippen LogP contribution in [0.1, 0.15) is 42.9 Å². The fraction of sp³-hybridized carbons (Fsp3) is 0.571. The summed E-state index contributed by atoms with van der Waals surface area (Å²) in [7, 11) is 0. The maximum absolute atomic E-state index is 11.0. The lowest BCUT2D eigenvalue weighted by Crippen LogP contribution is -2.30. The number of hydrogen-bond donors (Lipinski definition) is 1. The molecule has 0 bridgehead atoms. The van der Waals surface area contributed by atoms with Crippen LogP contribution in [0.15, 0.2) is 23.2 Å². The van der Waals surface area contributed by atoms with E-state index in [1.165, 1.54) is 31.2 Å². The van der Waals surface area contributed by atoms with Crippen LogP contribution in [0.3, 0.4) is 0 Å². The van der Waals surface area contributed by atoms with E-state index in [0.29, 0.717) is 38.9 Å². The molecule has 2 fully saturated rings. The Morgan fingerprint density at radius 2 is 2.00 bits per heavy atom. The number of aromatic nitrogens is 1. The van der Waals surface area contributed by atoms with E-state index in [1.807, 2.05) is 4.57 Å². The van der Waals surface area contributed by atoms with Gasteiger partial charge in [-0.2, -0.15) is 0 Å². The fourth-order valence-electron chi connectivity index (χ4n) is 4.66. The van der Waals surface area contributed by atoms with Crippen molar-refractivity contribution < 1.29 is 14.6 Å². The minimum atomic E-state index is 0.206. The molecule has 138 valence electrons. The number of aromatic hydroxyl groups is 1. The molecule has 5 nitrogen and oxygen atoms in total. The van der Waals surface area contributed by atoms with Crippen LogP contribution in [0.5, 0.6) is 5.88 Å². The van der Waals surface area contributed by atoms with Crippen LogP contribution in [0.25, 0.3) is 10.9 Å². The van der Waals surface area contributed by atoms with E-state index < -0.39 is 0 Å². The summed E-state index contributed by atoms with van der Waals surface area (Å²) in [6, 6.07) is 6.89. The van der Waals surface area contributed by atoms with E-state index in [4.69, 9.17) is 9.47 Å². The van der Waals surface area contributed by atoms with Crippen molar-refractivity contribution in [1.82, 2.24) is 4.57 Å². The molecule has 0 amide bonds. The standard InChI is InChI=1S/C21H26N2O3/c24-21-20(18-13-25-8-7-22-18)17-10-15(9-14-3-1-2-4-14)5-6-19(17)23(21)16-11-26-12-16/h5-6,10,14,16,24H,1-4,7-9,11-13H2. The van der Waals surface area contributed by atoms with E-state index in [-0.39, 0.29) is 6.04 Å². The number of nitrogens with zero attached hydrogens (tertiary/aromatic N) is 2. The molecule has 5 rings (SSSR count). The minimum Gasteiger partial charge on any atom is -0.494 e. The molecule has 1 saturated carbocycles. The van der Waals surface area contributed by atoms with Crippen molar-refractivity contribution in [2.24, 2.45) is 10.9 Å². The summed E-state index contributed by atoms with van der Waals surface area (Å²) in [6.07, 6.45) is 6.56. The maximum atomic E-state index is 11.0. The van der Waals surface area contributed by atoms with Crippen LogP contribution in [0.2, 0.25) is 0 Å². The molecule has 1 aromatic heterocycles. The van der Waals surface area contributed by atoms with Crippen LogP contribution < -0.4 is 0 Å². The first-order valence-electron chi connectivity index (χ1n) is 9.86. The lowest BCUT2D eigenvalue weighted by atomic mass is 9.96. The molecule has 0 radical (unpaired) electrons. The molecule has 0 unspecified atom stereocenters. The number of hydrogen-bond acceptors (Lipinski definition) is 4. The molecule has 1 N–H and O–H groups in total. The van der Waals surface area contributed by atoms with Crippen molar-refractivity contribution in [2.75, 3.05) is 33.0 Å². The number of fused-ring (bicyclic) bond motifs is 1. The summed E-state index contributed by atoms with van der Waals surface area (Å²) in [5.41, 5.74) is 4.18. The first kappa shape index (κ1) is 16.3. The molecule has 5 heteroatoms. The van der Waals surface area contributed by atoms with Gasteiger partial charge in [0.25, 0.3) is 0 Å². The summed E-state index contributed by atoms with van der Waals surface area (Å²) in [5.74, 6) is 1.12. The van der Waals surface area contributed by atoms with Crippen molar-refractivity contribution in [3.63, 3.8) is 0 Å². The minimum absolute atomic E-state index is 0.206. The zero-order valence-electron chi connectivity index (χ0n) is 15.1. The number of ether oxygens (including phenoxy) is 2. The molecule has 3 heterocycles. The highest BCUT2D eigenvalue weighted by atomic mass is 16.5. The zero-order chi connectivity index (χ0) is 17.5. The van der Waals surface area contributed by atoms with E-state index in [1.54, 1.807) is 0 Å². The van der Waals surface area contributed by atoms with Gasteiger partial charge in [0.05, 0.1) is 55.8 Å². The number of benzene rings is 1. The Bertz CT molecular complexity index is 845. The van der Waals surface area contributed by atoms with Crippen molar-refractivity contribution in [3.8, 4) is 5.88 Å². The second kappa shape index (κ2) is 6.71. The zero-order valence-corrected chi connectivity index (χ0v) is 15.1. The van der Waals surface area contributed by atoms with Crippen LogP contribution in [0.4, 0.5) is 0 Å². The molecule has 1 aliphatic carbocycles. The van der Waals surface area contributed by atoms with Gasteiger partial charge in [0.15, 0.2) is 0 Å². The van der Waals surface area contributed by atoms with Crippen LogP contribution in [-0.4, -0.2) is 48.4 Å². The predicted molar refractivity (Wildman–Crippen MR) is 101 cm³/mol. The quantitative estimate of drug-likeness (QED) is 0.915. The van der Waals surface area contributed by atoms with Crippen LogP contribution >= 0.6 is 0 Å². The molecular formula is C21H26N2O3. The van der Waals surface area contributed by atoms with Gasteiger partial charge < -0.3 is 19.1 Å². The Kier molecular flexibility index (Phi) is 4.21. The van der Waals surface area contributed by atoms with Gasteiger partial charge in [0, 0.05) is 5.39 Å². The molecular weight excluding hydrogens is 328 g/mol. The summed E-state index contributed by atoms with van der Waals surface area (Å²) in [4.78, 5) is 4.65. The van der Waals surface area contributed by atoms with E-state index in [2.05, 4.69) is 23.2 Å². The molecule has 1 aromatic carbocycles. The average Bonchev–Trinajstić information content (AvgIpc) is 3.21. The second-order valence-electron chi connectivity index (χ2n) is 7.85. The van der Waals surface area contributed by atoms with Gasteiger partial charge >= 0.3 is 0 Å². The fourth-order valence-corrected chi connectivity index (χ4v) is 4.66. The molecule has 26 heavy (non-hydrogen) atoms.